The third kappa shape index (κ3) is 3.23. The minimum absolute atomic E-state index is 0.0441. The number of halogens is 1. The molecule has 4 nitrogen and oxygen atoms in total. The van der Waals surface area contributed by atoms with E-state index in [1.807, 2.05) is 36.1 Å². The summed E-state index contributed by atoms with van der Waals surface area (Å²) >= 11 is 5.95. The van der Waals surface area contributed by atoms with Crippen LogP contribution in [-0.4, -0.2) is 47.9 Å². The molecule has 114 valence electrons. The number of hydrogen-bond donors (Lipinski definition) is 1. The van der Waals surface area contributed by atoms with Gasteiger partial charge in [-0.05, 0) is 44.5 Å². The molecule has 0 bridgehead atoms. The lowest BCUT2D eigenvalue weighted by Crippen LogP contribution is -2.38. The number of benzene rings is 1. The highest BCUT2D eigenvalue weighted by Crippen LogP contribution is 2.28. The van der Waals surface area contributed by atoms with E-state index in [0.717, 1.165) is 29.7 Å². The number of nitrogens with zero attached hydrogens (tertiary/aromatic N) is 2. The average molecular weight is 308 g/mol. The van der Waals surface area contributed by atoms with Gasteiger partial charge in [0.25, 0.3) is 0 Å². The zero-order valence-electron chi connectivity index (χ0n) is 12.6. The van der Waals surface area contributed by atoms with Gasteiger partial charge in [-0.3, -0.25) is 10.1 Å². The van der Waals surface area contributed by atoms with E-state index in [2.05, 4.69) is 17.3 Å². The summed E-state index contributed by atoms with van der Waals surface area (Å²) in [6.45, 7) is 3.61. The number of carbonyl (C=O) groups excluding carboxylic acids is 1. The maximum absolute atomic E-state index is 12.4. The van der Waals surface area contributed by atoms with Gasteiger partial charge in [-0.1, -0.05) is 23.7 Å². The smallest absolute Gasteiger partial charge is 0.241 e. The van der Waals surface area contributed by atoms with Gasteiger partial charge in [0.05, 0.1) is 6.04 Å². The number of carbonyl (C=O) groups is 1. The molecule has 2 atom stereocenters. The molecule has 1 aromatic carbocycles. The Balaban J connectivity index is 1.70. The number of amides is 1. The predicted octanol–water partition coefficient (Wildman–Crippen LogP) is 2.25. The van der Waals surface area contributed by atoms with Crippen LogP contribution in [0.1, 0.15) is 31.5 Å². The molecule has 0 radical (unpaired) electrons. The molecule has 3 rings (SSSR count). The minimum Gasteiger partial charge on any atom is -0.320 e. The molecule has 1 aliphatic carbocycles. The summed E-state index contributed by atoms with van der Waals surface area (Å²) in [5.41, 5.74) is 1.09. The van der Waals surface area contributed by atoms with Crippen LogP contribution in [0.15, 0.2) is 24.3 Å². The second-order valence-corrected chi connectivity index (χ2v) is 6.52. The summed E-state index contributed by atoms with van der Waals surface area (Å²) in [6, 6.07) is 8.33. The Bertz CT molecular complexity index is 515. The summed E-state index contributed by atoms with van der Waals surface area (Å²) in [6.07, 6.45) is 2.54. The molecule has 21 heavy (non-hydrogen) atoms. The van der Waals surface area contributed by atoms with Crippen molar-refractivity contribution in [3.63, 3.8) is 0 Å². The van der Waals surface area contributed by atoms with Gasteiger partial charge >= 0.3 is 0 Å². The summed E-state index contributed by atoms with van der Waals surface area (Å²) in [5.74, 6) is 0.180. The Kier molecular flexibility index (Phi) is 4.20. The molecule has 1 saturated heterocycles. The summed E-state index contributed by atoms with van der Waals surface area (Å²) < 4.78 is 0. The first-order valence-electron chi connectivity index (χ1n) is 7.58. The number of nitrogens with one attached hydrogen (secondary N) is 1. The van der Waals surface area contributed by atoms with Crippen LogP contribution in [0.25, 0.3) is 0 Å². The summed E-state index contributed by atoms with van der Waals surface area (Å²) in [4.78, 5) is 16.7. The third-order valence-corrected chi connectivity index (χ3v) is 4.67. The van der Waals surface area contributed by atoms with Crippen molar-refractivity contribution in [2.45, 2.75) is 38.0 Å². The number of hydrogen-bond acceptors (Lipinski definition) is 3. The Morgan fingerprint density at radius 2 is 2.00 bits per heavy atom. The molecule has 1 N–H and O–H groups in total. The molecule has 2 fully saturated rings. The monoisotopic (exact) mass is 307 g/mol. The van der Waals surface area contributed by atoms with E-state index < -0.39 is 0 Å². The van der Waals surface area contributed by atoms with Crippen molar-refractivity contribution in [2.75, 3.05) is 20.1 Å². The van der Waals surface area contributed by atoms with Crippen molar-refractivity contribution >= 4 is 17.5 Å². The van der Waals surface area contributed by atoms with Crippen LogP contribution in [0.5, 0.6) is 0 Å². The highest BCUT2D eigenvalue weighted by Gasteiger charge is 2.37. The fraction of sp³-hybridized carbons (Fsp3) is 0.562. The van der Waals surface area contributed by atoms with Gasteiger partial charge in [-0.25, -0.2) is 0 Å². The van der Waals surface area contributed by atoms with Crippen LogP contribution in [0.2, 0.25) is 5.02 Å². The zero-order valence-corrected chi connectivity index (χ0v) is 13.3. The summed E-state index contributed by atoms with van der Waals surface area (Å²) in [7, 11) is 2.15. The number of likely N-dealkylation sites (N-methyl/N-ethyl adjacent to an activating group) is 1. The second kappa shape index (κ2) is 5.95. The van der Waals surface area contributed by atoms with Gasteiger partial charge in [0.15, 0.2) is 0 Å². The second-order valence-electron chi connectivity index (χ2n) is 6.09. The highest BCUT2D eigenvalue weighted by atomic mass is 35.5. The first-order valence-corrected chi connectivity index (χ1v) is 7.96. The standard InChI is InChI=1S/C16H22ClN3O/c1-11-16(21)20(10-9-19(2)14-7-8-14)15(18-11)12-3-5-13(17)6-4-12/h3-6,11,14-15,18H,7-10H2,1-2H3. The van der Waals surface area contributed by atoms with Crippen molar-refractivity contribution < 1.29 is 4.79 Å². The molecule has 2 unspecified atom stereocenters. The zero-order chi connectivity index (χ0) is 15.0. The van der Waals surface area contributed by atoms with Crippen molar-refractivity contribution in [3.8, 4) is 0 Å². The first kappa shape index (κ1) is 14.8. The van der Waals surface area contributed by atoms with E-state index >= 15 is 0 Å². The molecular formula is C16H22ClN3O. The maximum atomic E-state index is 12.4. The quantitative estimate of drug-likeness (QED) is 0.906. The highest BCUT2D eigenvalue weighted by molar-refractivity contribution is 6.30. The van der Waals surface area contributed by atoms with Crippen LogP contribution < -0.4 is 5.32 Å². The summed E-state index contributed by atoms with van der Waals surface area (Å²) in [5, 5.41) is 4.09. The molecular weight excluding hydrogens is 286 g/mol. The van der Waals surface area contributed by atoms with Crippen molar-refractivity contribution in [3.05, 3.63) is 34.9 Å². The predicted molar refractivity (Wildman–Crippen MR) is 84.2 cm³/mol. The fourth-order valence-corrected chi connectivity index (χ4v) is 3.02. The first-order chi connectivity index (χ1) is 10.1. The molecule has 2 aliphatic rings. The van der Waals surface area contributed by atoms with Gasteiger partial charge in [0.2, 0.25) is 5.91 Å². The molecule has 5 heteroatoms. The lowest BCUT2D eigenvalue weighted by molar-refractivity contribution is -0.130. The van der Waals surface area contributed by atoms with E-state index in [9.17, 15) is 4.79 Å². The van der Waals surface area contributed by atoms with Crippen molar-refractivity contribution in [1.29, 1.82) is 0 Å². The Morgan fingerprint density at radius 3 is 2.62 bits per heavy atom. The van der Waals surface area contributed by atoms with Crippen molar-refractivity contribution in [2.24, 2.45) is 0 Å². The molecule has 0 aromatic heterocycles. The Morgan fingerprint density at radius 1 is 1.33 bits per heavy atom. The van der Waals surface area contributed by atoms with Crippen LogP contribution in [-0.2, 0) is 4.79 Å². The lowest BCUT2D eigenvalue weighted by Gasteiger charge is -2.27. The maximum Gasteiger partial charge on any atom is 0.241 e. The number of rotatable bonds is 5. The van der Waals surface area contributed by atoms with Gasteiger partial charge in [0, 0.05) is 24.2 Å². The van der Waals surface area contributed by atoms with Crippen LogP contribution in [0, 0.1) is 0 Å². The largest absolute Gasteiger partial charge is 0.320 e. The molecule has 1 saturated carbocycles. The lowest BCUT2D eigenvalue weighted by atomic mass is 10.1. The normalized spacial score (nSPS) is 25.9. The van der Waals surface area contributed by atoms with E-state index in [1.165, 1.54) is 12.8 Å². The Hall–Kier alpha value is -1.10. The molecule has 1 amide bonds. The SMILES string of the molecule is CC1NC(c2ccc(Cl)cc2)N(CCN(C)C2CC2)C1=O. The molecule has 1 aromatic rings. The molecule has 0 spiro atoms. The van der Waals surface area contributed by atoms with E-state index in [1.54, 1.807) is 0 Å². The van der Waals surface area contributed by atoms with Gasteiger partial charge in [0.1, 0.15) is 6.17 Å². The van der Waals surface area contributed by atoms with E-state index in [4.69, 9.17) is 11.6 Å². The minimum atomic E-state index is -0.128. The van der Waals surface area contributed by atoms with E-state index in [-0.39, 0.29) is 18.1 Å². The molecule has 1 aliphatic heterocycles. The van der Waals surface area contributed by atoms with Gasteiger partial charge in [-0.2, -0.15) is 0 Å². The van der Waals surface area contributed by atoms with Crippen LogP contribution >= 0.6 is 11.6 Å². The van der Waals surface area contributed by atoms with Crippen LogP contribution in [0.4, 0.5) is 0 Å². The molecule has 1 heterocycles. The van der Waals surface area contributed by atoms with Crippen molar-refractivity contribution in [1.82, 2.24) is 15.1 Å². The average Bonchev–Trinajstić information content (AvgIpc) is 3.27. The van der Waals surface area contributed by atoms with Gasteiger partial charge < -0.3 is 9.80 Å². The Labute approximate surface area is 131 Å². The van der Waals surface area contributed by atoms with Gasteiger partial charge in [-0.15, -0.1) is 0 Å². The van der Waals surface area contributed by atoms with Crippen LogP contribution in [0.3, 0.4) is 0 Å². The third-order valence-electron chi connectivity index (χ3n) is 4.42. The van der Waals surface area contributed by atoms with E-state index in [0.29, 0.717) is 0 Å². The topological polar surface area (TPSA) is 35.6 Å². The fourth-order valence-electron chi connectivity index (χ4n) is 2.90.